The van der Waals surface area contributed by atoms with Crippen LogP contribution < -0.4 is 5.32 Å². The van der Waals surface area contributed by atoms with Gasteiger partial charge in [0.15, 0.2) is 5.96 Å². The highest BCUT2D eigenvalue weighted by Crippen LogP contribution is 2.18. The minimum Gasteiger partial charge on any atom is -0.354 e. The maximum absolute atomic E-state index is 13.2. The van der Waals surface area contributed by atoms with Crippen LogP contribution in [0.2, 0.25) is 0 Å². The maximum Gasteiger partial charge on any atom is 0.193 e. The van der Waals surface area contributed by atoms with Gasteiger partial charge in [0, 0.05) is 26.0 Å². The first-order valence-corrected chi connectivity index (χ1v) is 9.03. The van der Waals surface area contributed by atoms with Crippen LogP contribution >= 0.6 is 35.3 Å². The molecular formula is C18H27FIN5S. The number of thiazole rings is 1. The van der Waals surface area contributed by atoms with E-state index in [4.69, 9.17) is 0 Å². The number of likely N-dealkylation sites (N-methyl/N-ethyl adjacent to an activating group) is 1. The Morgan fingerprint density at radius 3 is 2.42 bits per heavy atom. The number of hydrogen-bond acceptors (Lipinski definition) is 4. The van der Waals surface area contributed by atoms with Gasteiger partial charge in [-0.3, -0.25) is 4.99 Å². The molecule has 0 fully saturated rings. The Kier molecular flexibility index (Phi) is 9.45. The van der Waals surface area contributed by atoms with Crippen LogP contribution in [0.4, 0.5) is 4.39 Å². The number of halogens is 2. The number of aromatic nitrogens is 1. The standard InChI is InChI=1S/C18H26FN5S.HI/c1-13-22-16(12-25-13)11-24(5)18(20-2)21-10-17(23(3)4)14-6-8-15(19)9-7-14;/h6-9,12,17H,10-11H2,1-5H3,(H,20,21);1H. The van der Waals surface area contributed by atoms with Crippen LogP contribution in [-0.2, 0) is 6.54 Å². The number of hydrogen-bond donors (Lipinski definition) is 1. The molecule has 2 rings (SSSR count). The molecule has 1 heterocycles. The van der Waals surface area contributed by atoms with Crippen molar-refractivity contribution in [3.05, 3.63) is 51.7 Å². The molecule has 0 saturated heterocycles. The zero-order valence-electron chi connectivity index (χ0n) is 15.9. The SMILES string of the molecule is CN=C(NCC(c1ccc(F)cc1)N(C)C)N(C)Cc1csc(C)n1.I. The van der Waals surface area contributed by atoms with E-state index in [0.29, 0.717) is 13.1 Å². The van der Waals surface area contributed by atoms with E-state index in [1.807, 2.05) is 45.1 Å². The Morgan fingerprint density at radius 1 is 1.27 bits per heavy atom. The van der Waals surface area contributed by atoms with Gasteiger partial charge in [-0.25, -0.2) is 9.37 Å². The summed E-state index contributed by atoms with van der Waals surface area (Å²) in [6, 6.07) is 6.76. The average molecular weight is 491 g/mol. The van der Waals surface area contributed by atoms with Crippen molar-refractivity contribution in [2.24, 2.45) is 4.99 Å². The lowest BCUT2D eigenvalue weighted by Crippen LogP contribution is -2.42. The molecule has 1 aromatic heterocycles. The Hall–Kier alpha value is -1.26. The fourth-order valence-electron chi connectivity index (χ4n) is 2.65. The second kappa shape index (κ2) is 10.8. The van der Waals surface area contributed by atoms with Gasteiger partial charge in [-0.15, -0.1) is 35.3 Å². The normalized spacial score (nSPS) is 12.7. The molecule has 0 bridgehead atoms. The van der Waals surface area contributed by atoms with Crippen LogP contribution in [0.15, 0.2) is 34.6 Å². The van der Waals surface area contributed by atoms with Crippen molar-refractivity contribution in [3.63, 3.8) is 0 Å². The van der Waals surface area contributed by atoms with Gasteiger partial charge in [0.05, 0.1) is 23.3 Å². The predicted molar refractivity (Wildman–Crippen MR) is 118 cm³/mol. The zero-order chi connectivity index (χ0) is 18.4. The molecule has 0 spiro atoms. The molecule has 26 heavy (non-hydrogen) atoms. The summed E-state index contributed by atoms with van der Waals surface area (Å²) < 4.78 is 13.2. The highest BCUT2D eigenvalue weighted by molar-refractivity contribution is 14.0. The zero-order valence-corrected chi connectivity index (χ0v) is 19.0. The first kappa shape index (κ1) is 22.8. The highest BCUT2D eigenvalue weighted by atomic mass is 127. The molecule has 1 aromatic carbocycles. The molecule has 1 N–H and O–H groups in total. The molecule has 0 aliphatic carbocycles. The molecular weight excluding hydrogens is 464 g/mol. The van der Waals surface area contributed by atoms with Gasteiger partial charge in [-0.1, -0.05) is 12.1 Å². The summed E-state index contributed by atoms with van der Waals surface area (Å²) >= 11 is 1.65. The van der Waals surface area contributed by atoms with Crippen molar-refractivity contribution in [1.29, 1.82) is 0 Å². The van der Waals surface area contributed by atoms with E-state index in [1.165, 1.54) is 12.1 Å². The van der Waals surface area contributed by atoms with E-state index in [1.54, 1.807) is 18.4 Å². The Bertz CT molecular complexity index is 702. The van der Waals surface area contributed by atoms with Gasteiger partial charge in [0.25, 0.3) is 0 Å². The second-order valence-corrected chi connectivity index (χ2v) is 7.24. The summed E-state index contributed by atoms with van der Waals surface area (Å²) in [5.74, 6) is 0.586. The minimum absolute atomic E-state index is 0. The first-order chi connectivity index (χ1) is 11.9. The fourth-order valence-corrected chi connectivity index (χ4v) is 3.26. The third-order valence-electron chi connectivity index (χ3n) is 3.97. The van der Waals surface area contributed by atoms with Crippen LogP contribution in [0.3, 0.4) is 0 Å². The topological polar surface area (TPSA) is 43.8 Å². The number of nitrogens with zero attached hydrogens (tertiary/aromatic N) is 4. The van der Waals surface area contributed by atoms with Crippen LogP contribution in [0.5, 0.6) is 0 Å². The summed E-state index contributed by atoms with van der Waals surface area (Å²) in [5, 5.41) is 6.54. The minimum atomic E-state index is -0.219. The molecule has 144 valence electrons. The van der Waals surface area contributed by atoms with E-state index in [9.17, 15) is 4.39 Å². The van der Waals surface area contributed by atoms with Gasteiger partial charge < -0.3 is 15.1 Å². The quantitative estimate of drug-likeness (QED) is 0.382. The van der Waals surface area contributed by atoms with Gasteiger partial charge in [0.1, 0.15) is 5.82 Å². The van der Waals surface area contributed by atoms with Gasteiger partial charge in [0.2, 0.25) is 0 Å². The third kappa shape index (κ3) is 6.48. The third-order valence-corrected chi connectivity index (χ3v) is 4.79. The van der Waals surface area contributed by atoms with E-state index in [2.05, 4.69) is 25.6 Å². The maximum atomic E-state index is 13.2. The number of benzene rings is 1. The monoisotopic (exact) mass is 491 g/mol. The number of rotatable bonds is 6. The number of aryl methyl sites for hydroxylation is 1. The van der Waals surface area contributed by atoms with Crippen LogP contribution in [0.1, 0.15) is 22.3 Å². The van der Waals surface area contributed by atoms with Crippen molar-refractivity contribution >= 4 is 41.3 Å². The van der Waals surface area contributed by atoms with E-state index in [-0.39, 0.29) is 35.8 Å². The Morgan fingerprint density at radius 2 is 1.92 bits per heavy atom. The molecule has 1 atom stereocenters. The van der Waals surface area contributed by atoms with Gasteiger partial charge in [-0.2, -0.15) is 0 Å². The smallest absolute Gasteiger partial charge is 0.193 e. The molecule has 8 heteroatoms. The lowest BCUT2D eigenvalue weighted by atomic mass is 10.1. The molecule has 0 aliphatic rings. The summed E-state index contributed by atoms with van der Waals surface area (Å²) in [4.78, 5) is 13.0. The van der Waals surface area contributed by atoms with Crippen LogP contribution in [0.25, 0.3) is 0 Å². The predicted octanol–water partition coefficient (Wildman–Crippen LogP) is 3.52. The molecule has 2 aromatic rings. The molecule has 0 aliphatic heterocycles. The van der Waals surface area contributed by atoms with Gasteiger partial charge in [-0.05, 0) is 38.7 Å². The Balaban J connectivity index is 0.00000338. The molecule has 0 radical (unpaired) electrons. The van der Waals surface area contributed by atoms with Crippen LogP contribution in [0, 0.1) is 12.7 Å². The van der Waals surface area contributed by atoms with Crippen molar-refractivity contribution in [3.8, 4) is 0 Å². The second-order valence-electron chi connectivity index (χ2n) is 6.17. The number of nitrogens with one attached hydrogen (secondary N) is 1. The number of aliphatic imine (C=N–C) groups is 1. The fraction of sp³-hybridized carbons (Fsp3) is 0.444. The molecule has 5 nitrogen and oxygen atoms in total. The highest BCUT2D eigenvalue weighted by Gasteiger charge is 2.16. The van der Waals surface area contributed by atoms with Crippen molar-refractivity contribution in [2.45, 2.75) is 19.5 Å². The summed E-state index contributed by atoms with van der Waals surface area (Å²) in [6.07, 6.45) is 0. The Labute approximate surface area is 176 Å². The molecule has 0 amide bonds. The van der Waals surface area contributed by atoms with Crippen molar-refractivity contribution in [2.75, 3.05) is 34.7 Å². The van der Waals surface area contributed by atoms with Gasteiger partial charge >= 0.3 is 0 Å². The van der Waals surface area contributed by atoms with Crippen molar-refractivity contribution < 1.29 is 4.39 Å². The largest absolute Gasteiger partial charge is 0.354 e. The molecule has 1 unspecified atom stereocenters. The number of guanidine groups is 1. The van der Waals surface area contributed by atoms with E-state index < -0.39 is 0 Å². The lowest BCUT2D eigenvalue weighted by Gasteiger charge is -2.28. The van der Waals surface area contributed by atoms with E-state index in [0.717, 1.165) is 22.2 Å². The summed E-state index contributed by atoms with van der Waals surface area (Å²) in [5.41, 5.74) is 2.10. The molecule has 0 saturated carbocycles. The lowest BCUT2D eigenvalue weighted by molar-refractivity contribution is 0.295. The van der Waals surface area contributed by atoms with Crippen LogP contribution in [-0.4, -0.2) is 55.5 Å². The summed E-state index contributed by atoms with van der Waals surface area (Å²) in [6.45, 7) is 3.38. The summed E-state index contributed by atoms with van der Waals surface area (Å²) in [7, 11) is 7.79. The van der Waals surface area contributed by atoms with E-state index >= 15 is 0 Å². The average Bonchev–Trinajstić information content (AvgIpc) is 2.97. The first-order valence-electron chi connectivity index (χ1n) is 8.15. The van der Waals surface area contributed by atoms with Crippen molar-refractivity contribution in [1.82, 2.24) is 20.1 Å².